The van der Waals surface area contributed by atoms with Crippen molar-refractivity contribution in [2.75, 3.05) is 12.4 Å². The number of thiazole rings is 1. The first-order chi connectivity index (χ1) is 9.17. The molecule has 0 radical (unpaired) electrons. The highest BCUT2D eigenvalue weighted by Gasteiger charge is 2.46. The molecule has 6 nitrogen and oxygen atoms in total. The van der Waals surface area contributed by atoms with Crippen molar-refractivity contribution in [3.05, 3.63) is 10.6 Å². The fourth-order valence-corrected chi connectivity index (χ4v) is 2.79. The van der Waals surface area contributed by atoms with E-state index in [9.17, 15) is 9.59 Å². The summed E-state index contributed by atoms with van der Waals surface area (Å²) in [6, 6.07) is 0. The molecular formula is C13H19N3O3S. The molecule has 7 heteroatoms. The number of aromatic nitrogens is 1. The molecule has 110 valence electrons. The quantitative estimate of drug-likeness (QED) is 0.827. The lowest BCUT2D eigenvalue weighted by Crippen LogP contribution is -2.37. The SMILES string of the molecule is COC(=O)c1sc(NC(=O)C2(N)CC2)nc1C(C)(C)C. The first-order valence-electron chi connectivity index (χ1n) is 6.37. The molecule has 0 unspecified atom stereocenters. The van der Waals surface area contributed by atoms with Gasteiger partial charge in [-0.3, -0.25) is 4.79 Å². The minimum absolute atomic E-state index is 0.247. The number of nitrogens with two attached hydrogens (primary N) is 1. The van der Waals surface area contributed by atoms with E-state index in [1.165, 1.54) is 7.11 Å². The molecule has 2 rings (SSSR count). The second kappa shape index (κ2) is 4.82. The second-order valence-corrected chi connectivity index (χ2v) is 7.05. The number of carbonyl (C=O) groups is 2. The molecule has 0 atom stereocenters. The zero-order chi connectivity index (χ0) is 15.1. The molecule has 20 heavy (non-hydrogen) atoms. The molecule has 1 aliphatic carbocycles. The van der Waals surface area contributed by atoms with Gasteiger partial charge in [0.25, 0.3) is 0 Å². The first kappa shape index (κ1) is 14.9. The van der Waals surface area contributed by atoms with Crippen molar-refractivity contribution in [2.45, 2.75) is 44.6 Å². The van der Waals surface area contributed by atoms with Gasteiger partial charge in [-0.15, -0.1) is 0 Å². The van der Waals surface area contributed by atoms with Gasteiger partial charge in [0.05, 0.1) is 18.3 Å². The first-order valence-corrected chi connectivity index (χ1v) is 7.19. The Hall–Kier alpha value is -1.47. The van der Waals surface area contributed by atoms with Crippen molar-refractivity contribution in [3.8, 4) is 0 Å². The van der Waals surface area contributed by atoms with E-state index in [4.69, 9.17) is 10.5 Å². The standard InChI is InChI=1S/C13H19N3O3S/c1-12(2,3)8-7(9(17)19-4)20-11(15-8)16-10(18)13(14)5-6-13/h5-6,14H2,1-4H3,(H,15,16,18). The van der Waals surface area contributed by atoms with E-state index in [0.717, 1.165) is 11.3 Å². The van der Waals surface area contributed by atoms with E-state index >= 15 is 0 Å². The Labute approximate surface area is 121 Å². The van der Waals surface area contributed by atoms with Crippen LogP contribution in [0, 0.1) is 0 Å². The topological polar surface area (TPSA) is 94.3 Å². The predicted octanol–water partition coefficient (Wildman–Crippen LogP) is 1.66. The third-order valence-electron chi connectivity index (χ3n) is 3.17. The molecule has 1 saturated carbocycles. The number of carbonyl (C=O) groups excluding carboxylic acids is 2. The number of anilines is 1. The van der Waals surface area contributed by atoms with Crippen LogP contribution >= 0.6 is 11.3 Å². The van der Waals surface area contributed by atoms with Crippen molar-refractivity contribution in [2.24, 2.45) is 5.73 Å². The molecule has 1 aromatic heterocycles. The summed E-state index contributed by atoms with van der Waals surface area (Å²) in [6.07, 6.45) is 1.36. The molecule has 1 fully saturated rings. The van der Waals surface area contributed by atoms with Crippen LogP contribution in [0.2, 0.25) is 0 Å². The van der Waals surface area contributed by atoms with Gasteiger partial charge in [0.2, 0.25) is 5.91 Å². The molecule has 1 heterocycles. The monoisotopic (exact) mass is 297 g/mol. The van der Waals surface area contributed by atoms with Crippen LogP contribution in [0.25, 0.3) is 0 Å². The van der Waals surface area contributed by atoms with Gasteiger partial charge in [-0.2, -0.15) is 0 Å². The van der Waals surface area contributed by atoms with Gasteiger partial charge in [0, 0.05) is 5.41 Å². The van der Waals surface area contributed by atoms with Crippen LogP contribution in [0.5, 0.6) is 0 Å². The maximum Gasteiger partial charge on any atom is 0.350 e. The molecule has 0 saturated heterocycles. The number of esters is 1. The number of rotatable bonds is 3. The van der Waals surface area contributed by atoms with Crippen LogP contribution in [0.3, 0.4) is 0 Å². The van der Waals surface area contributed by atoms with Gasteiger partial charge in [-0.25, -0.2) is 9.78 Å². The molecule has 0 aliphatic heterocycles. The second-order valence-electron chi connectivity index (χ2n) is 6.05. The van der Waals surface area contributed by atoms with Crippen molar-refractivity contribution >= 4 is 28.3 Å². The smallest absolute Gasteiger partial charge is 0.350 e. The van der Waals surface area contributed by atoms with Crippen molar-refractivity contribution in [1.29, 1.82) is 0 Å². The molecule has 1 amide bonds. The van der Waals surface area contributed by atoms with Crippen molar-refractivity contribution in [3.63, 3.8) is 0 Å². The largest absolute Gasteiger partial charge is 0.465 e. The number of hydrogen-bond acceptors (Lipinski definition) is 6. The lowest BCUT2D eigenvalue weighted by atomic mass is 9.91. The maximum atomic E-state index is 11.9. The third kappa shape index (κ3) is 2.83. The Morgan fingerprint density at radius 3 is 2.45 bits per heavy atom. The van der Waals surface area contributed by atoms with Gasteiger partial charge < -0.3 is 15.8 Å². The normalized spacial score (nSPS) is 16.6. The molecule has 0 bridgehead atoms. The van der Waals surface area contributed by atoms with E-state index in [2.05, 4.69) is 10.3 Å². The Kier molecular flexibility index (Phi) is 3.60. The summed E-state index contributed by atoms with van der Waals surface area (Å²) in [5, 5.41) is 3.08. The molecule has 0 aromatic carbocycles. The van der Waals surface area contributed by atoms with E-state index in [0.29, 0.717) is 28.5 Å². The Bertz CT molecular complexity index is 556. The van der Waals surface area contributed by atoms with E-state index in [-0.39, 0.29) is 11.3 Å². The van der Waals surface area contributed by atoms with Gasteiger partial charge in [-0.05, 0) is 12.8 Å². The van der Waals surface area contributed by atoms with Crippen LogP contribution in [0.4, 0.5) is 5.13 Å². The number of methoxy groups -OCH3 is 1. The van der Waals surface area contributed by atoms with Gasteiger partial charge in [0.15, 0.2) is 5.13 Å². The lowest BCUT2D eigenvalue weighted by Gasteiger charge is -2.16. The van der Waals surface area contributed by atoms with Crippen LogP contribution in [-0.2, 0) is 14.9 Å². The fourth-order valence-electron chi connectivity index (χ4n) is 1.70. The van der Waals surface area contributed by atoms with E-state index in [1.54, 1.807) is 0 Å². The zero-order valence-electron chi connectivity index (χ0n) is 12.1. The number of nitrogens with one attached hydrogen (secondary N) is 1. The van der Waals surface area contributed by atoms with Gasteiger partial charge >= 0.3 is 5.97 Å². The van der Waals surface area contributed by atoms with Crippen molar-refractivity contribution in [1.82, 2.24) is 4.98 Å². The molecular weight excluding hydrogens is 278 g/mol. The lowest BCUT2D eigenvalue weighted by molar-refractivity contribution is -0.118. The molecule has 1 aliphatic rings. The molecule has 1 aromatic rings. The van der Waals surface area contributed by atoms with Crippen LogP contribution in [0.1, 0.15) is 49.0 Å². The third-order valence-corrected chi connectivity index (χ3v) is 4.12. The number of ether oxygens (including phenoxy) is 1. The van der Waals surface area contributed by atoms with Crippen molar-refractivity contribution < 1.29 is 14.3 Å². The van der Waals surface area contributed by atoms with Crippen LogP contribution in [-0.4, -0.2) is 29.5 Å². The predicted molar refractivity (Wildman–Crippen MR) is 76.9 cm³/mol. The summed E-state index contributed by atoms with van der Waals surface area (Å²) in [4.78, 5) is 28.5. The summed E-state index contributed by atoms with van der Waals surface area (Å²) < 4.78 is 4.76. The minimum atomic E-state index is -0.765. The van der Waals surface area contributed by atoms with Crippen LogP contribution in [0.15, 0.2) is 0 Å². The highest BCUT2D eigenvalue weighted by molar-refractivity contribution is 7.17. The van der Waals surface area contributed by atoms with Gasteiger partial charge in [0.1, 0.15) is 4.88 Å². The summed E-state index contributed by atoms with van der Waals surface area (Å²) in [7, 11) is 1.33. The van der Waals surface area contributed by atoms with Crippen LogP contribution < -0.4 is 11.1 Å². The number of nitrogens with zero attached hydrogens (tertiary/aromatic N) is 1. The summed E-state index contributed by atoms with van der Waals surface area (Å²) in [5.41, 5.74) is 5.36. The molecule has 0 spiro atoms. The zero-order valence-corrected chi connectivity index (χ0v) is 12.9. The van der Waals surface area contributed by atoms with E-state index < -0.39 is 11.5 Å². The van der Waals surface area contributed by atoms with E-state index in [1.807, 2.05) is 20.8 Å². The maximum absolute atomic E-state index is 11.9. The number of amides is 1. The molecule has 3 N–H and O–H groups in total. The Morgan fingerprint density at radius 1 is 1.40 bits per heavy atom. The van der Waals surface area contributed by atoms with Gasteiger partial charge in [-0.1, -0.05) is 32.1 Å². The Morgan fingerprint density at radius 2 is 2.00 bits per heavy atom. The fraction of sp³-hybridized carbons (Fsp3) is 0.615. The highest BCUT2D eigenvalue weighted by atomic mass is 32.1. The average Bonchev–Trinajstić information content (AvgIpc) is 2.96. The minimum Gasteiger partial charge on any atom is -0.465 e. The Balaban J connectivity index is 2.29. The summed E-state index contributed by atoms with van der Waals surface area (Å²) in [5.74, 6) is -0.690. The number of hydrogen-bond donors (Lipinski definition) is 2. The highest BCUT2D eigenvalue weighted by Crippen LogP contribution is 2.36. The summed E-state index contributed by atoms with van der Waals surface area (Å²) >= 11 is 1.12. The average molecular weight is 297 g/mol. The summed E-state index contributed by atoms with van der Waals surface area (Å²) in [6.45, 7) is 5.85.